The van der Waals surface area contributed by atoms with Crippen LogP contribution in [0.25, 0.3) is 28.1 Å². The number of furan rings is 1. The van der Waals surface area contributed by atoms with Crippen molar-refractivity contribution < 1.29 is 13.9 Å². The molecule has 0 bridgehead atoms. The highest BCUT2D eigenvalue weighted by atomic mass is 16.5. The third-order valence-electron chi connectivity index (χ3n) is 5.38. The van der Waals surface area contributed by atoms with Gasteiger partial charge in [0.2, 0.25) is 0 Å². The SMILES string of the molecule is COCCn1c(C(=O)NCc2ccnc(-c3ccco3)c2)cc2c(=O)n3ccccc3nc21. The first-order chi connectivity index (χ1) is 16.2. The average molecular weight is 443 g/mol. The summed E-state index contributed by atoms with van der Waals surface area (Å²) in [6.45, 7) is 1.04. The standard InChI is InChI=1S/C24H21N5O4/c1-32-12-10-28-19(14-17-22(28)27-21-6-2-3-9-29(21)24(17)31)23(30)26-15-16-7-8-25-18(13-16)20-5-4-11-33-20/h2-9,11,13-14H,10,12,15H2,1H3,(H,26,30). The molecule has 5 aromatic rings. The predicted octanol–water partition coefficient (Wildman–Crippen LogP) is 2.88. The normalized spacial score (nSPS) is 11.3. The van der Waals surface area contributed by atoms with Crippen molar-refractivity contribution in [3.8, 4) is 11.5 Å². The molecule has 0 aliphatic heterocycles. The van der Waals surface area contributed by atoms with E-state index in [-0.39, 0.29) is 18.0 Å². The van der Waals surface area contributed by atoms with E-state index in [0.29, 0.717) is 47.0 Å². The second-order valence-electron chi connectivity index (χ2n) is 7.47. The van der Waals surface area contributed by atoms with Crippen LogP contribution in [0.4, 0.5) is 0 Å². The van der Waals surface area contributed by atoms with Gasteiger partial charge in [-0.2, -0.15) is 0 Å². The van der Waals surface area contributed by atoms with Crippen LogP contribution in [-0.4, -0.2) is 38.6 Å². The highest BCUT2D eigenvalue weighted by Crippen LogP contribution is 2.19. The monoisotopic (exact) mass is 443 g/mol. The van der Waals surface area contributed by atoms with E-state index < -0.39 is 0 Å². The van der Waals surface area contributed by atoms with E-state index in [1.165, 1.54) is 4.40 Å². The van der Waals surface area contributed by atoms with Crippen LogP contribution in [0.2, 0.25) is 0 Å². The van der Waals surface area contributed by atoms with Crippen molar-refractivity contribution in [2.75, 3.05) is 13.7 Å². The number of methoxy groups -OCH3 is 1. The van der Waals surface area contributed by atoms with Crippen molar-refractivity contribution in [3.05, 3.63) is 88.8 Å². The summed E-state index contributed by atoms with van der Waals surface area (Å²) in [5, 5.41) is 3.31. The summed E-state index contributed by atoms with van der Waals surface area (Å²) >= 11 is 0. The van der Waals surface area contributed by atoms with Crippen LogP contribution < -0.4 is 10.9 Å². The molecule has 0 unspecified atom stereocenters. The zero-order valence-electron chi connectivity index (χ0n) is 17.9. The number of nitrogens with one attached hydrogen (secondary N) is 1. The molecule has 9 heteroatoms. The lowest BCUT2D eigenvalue weighted by Crippen LogP contribution is -2.26. The van der Waals surface area contributed by atoms with Crippen molar-refractivity contribution in [1.29, 1.82) is 0 Å². The van der Waals surface area contributed by atoms with Crippen molar-refractivity contribution in [3.63, 3.8) is 0 Å². The molecular formula is C24H21N5O4. The summed E-state index contributed by atoms with van der Waals surface area (Å²) in [4.78, 5) is 35.1. The largest absolute Gasteiger partial charge is 0.463 e. The van der Waals surface area contributed by atoms with Crippen molar-refractivity contribution >= 4 is 22.6 Å². The number of ether oxygens (including phenoxy) is 1. The van der Waals surface area contributed by atoms with Gasteiger partial charge < -0.3 is 19.0 Å². The van der Waals surface area contributed by atoms with Crippen LogP contribution in [0.5, 0.6) is 0 Å². The lowest BCUT2D eigenvalue weighted by Gasteiger charge is -2.11. The van der Waals surface area contributed by atoms with E-state index in [2.05, 4.69) is 15.3 Å². The van der Waals surface area contributed by atoms with Crippen LogP contribution in [-0.2, 0) is 17.8 Å². The minimum Gasteiger partial charge on any atom is -0.463 e. The Bertz CT molecular complexity index is 1500. The van der Waals surface area contributed by atoms with Gasteiger partial charge in [0.15, 0.2) is 5.76 Å². The molecule has 0 saturated heterocycles. The van der Waals surface area contributed by atoms with Crippen LogP contribution in [0, 0.1) is 0 Å². The third kappa shape index (κ3) is 3.90. The zero-order chi connectivity index (χ0) is 22.8. The molecule has 33 heavy (non-hydrogen) atoms. The fourth-order valence-corrected chi connectivity index (χ4v) is 3.77. The molecule has 0 aliphatic rings. The number of aromatic nitrogens is 4. The van der Waals surface area contributed by atoms with Crippen molar-refractivity contribution in [1.82, 2.24) is 24.3 Å². The molecule has 1 amide bonds. The van der Waals surface area contributed by atoms with Gasteiger partial charge in [0.05, 0.1) is 18.3 Å². The molecule has 0 radical (unpaired) electrons. The lowest BCUT2D eigenvalue weighted by molar-refractivity contribution is 0.0939. The summed E-state index contributed by atoms with van der Waals surface area (Å²) in [5.41, 5.74) is 2.65. The van der Waals surface area contributed by atoms with Gasteiger partial charge in [-0.1, -0.05) is 6.07 Å². The summed E-state index contributed by atoms with van der Waals surface area (Å²) in [6, 6.07) is 14.2. The Labute approximate surface area is 188 Å². The summed E-state index contributed by atoms with van der Waals surface area (Å²) in [5.74, 6) is 0.343. The Morgan fingerprint density at radius 2 is 2.09 bits per heavy atom. The number of hydrogen-bond acceptors (Lipinski definition) is 6. The molecule has 0 aromatic carbocycles. The summed E-state index contributed by atoms with van der Waals surface area (Å²) in [6.07, 6.45) is 4.92. The number of amides is 1. The minimum absolute atomic E-state index is 0.224. The minimum atomic E-state index is -0.311. The molecule has 0 aliphatic carbocycles. The van der Waals surface area contributed by atoms with Crippen LogP contribution in [0.3, 0.4) is 0 Å². The molecule has 0 spiro atoms. The Morgan fingerprint density at radius 3 is 2.91 bits per heavy atom. The maximum atomic E-state index is 13.1. The molecule has 0 saturated carbocycles. The number of fused-ring (bicyclic) bond motifs is 2. The Kier molecular flexibility index (Phi) is 5.45. The molecule has 5 rings (SSSR count). The van der Waals surface area contributed by atoms with Gasteiger partial charge in [-0.05, 0) is 48.0 Å². The van der Waals surface area contributed by atoms with Gasteiger partial charge in [0.1, 0.15) is 22.7 Å². The lowest BCUT2D eigenvalue weighted by atomic mass is 10.2. The molecule has 0 fully saturated rings. The molecule has 166 valence electrons. The highest BCUT2D eigenvalue weighted by molar-refractivity contribution is 5.98. The van der Waals surface area contributed by atoms with E-state index >= 15 is 0 Å². The van der Waals surface area contributed by atoms with Crippen LogP contribution in [0.1, 0.15) is 16.1 Å². The number of rotatable bonds is 7. The third-order valence-corrected chi connectivity index (χ3v) is 5.38. The summed E-state index contributed by atoms with van der Waals surface area (Å²) in [7, 11) is 1.59. The fraction of sp³-hybridized carbons (Fsp3) is 0.167. The van der Waals surface area contributed by atoms with Gasteiger partial charge >= 0.3 is 0 Å². The smallest absolute Gasteiger partial charge is 0.268 e. The zero-order valence-corrected chi connectivity index (χ0v) is 17.9. The Balaban J connectivity index is 1.47. The van der Waals surface area contributed by atoms with Crippen molar-refractivity contribution in [2.24, 2.45) is 0 Å². The Hall–Kier alpha value is -4.24. The fourth-order valence-electron chi connectivity index (χ4n) is 3.77. The first-order valence-corrected chi connectivity index (χ1v) is 10.4. The number of nitrogens with zero attached hydrogens (tertiary/aromatic N) is 4. The van der Waals surface area contributed by atoms with E-state index in [4.69, 9.17) is 9.15 Å². The topological polar surface area (TPSA) is 104 Å². The summed E-state index contributed by atoms with van der Waals surface area (Å²) < 4.78 is 13.8. The second-order valence-corrected chi connectivity index (χ2v) is 7.47. The predicted molar refractivity (Wildman–Crippen MR) is 122 cm³/mol. The number of carbonyl (C=O) groups excluding carboxylic acids is 1. The number of carbonyl (C=O) groups is 1. The number of pyridine rings is 2. The second kappa shape index (κ2) is 8.71. The average Bonchev–Trinajstić information content (AvgIpc) is 3.50. The Morgan fingerprint density at radius 1 is 1.18 bits per heavy atom. The van der Waals surface area contributed by atoms with E-state index in [1.807, 2.05) is 24.3 Å². The quantitative estimate of drug-likeness (QED) is 0.415. The molecule has 5 heterocycles. The van der Waals surface area contributed by atoms with Gasteiger partial charge in [-0.3, -0.25) is 19.0 Å². The van der Waals surface area contributed by atoms with Crippen molar-refractivity contribution in [2.45, 2.75) is 13.1 Å². The first-order valence-electron chi connectivity index (χ1n) is 10.4. The highest BCUT2D eigenvalue weighted by Gasteiger charge is 2.19. The van der Waals surface area contributed by atoms with Gasteiger partial charge in [0, 0.05) is 32.6 Å². The molecule has 5 aromatic heterocycles. The maximum absolute atomic E-state index is 13.1. The van der Waals surface area contributed by atoms with E-state index in [9.17, 15) is 9.59 Å². The first kappa shape index (κ1) is 20.7. The van der Waals surface area contributed by atoms with Gasteiger partial charge in [-0.25, -0.2) is 4.98 Å². The number of hydrogen-bond donors (Lipinski definition) is 1. The molecular weight excluding hydrogens is 422 g/mol. The van der Waals surface area contributed by atoms with Crippen LogP contribution >= 0.6 is 0 Å². The van der Waals surface area contributed by atoms with Gasteiger partial charge in [-0.15, -0.1) is 0 Å². The molecule has 0 atom stereocenters. The van der Waals surface area contributed by atoms with Crippen LogP contribution in [0.15, 0.2) is 76.4 Å². The molecule has 1 N–H and O–H groups in total. The van der Waals surface area contributed by atoms with E-state index in [1.54, 1.807) is 54.6 Å². The maximum Gasteiger partial charge on any atom is 0.268 e. The van der Waals surface area contributed by atoms with E-state index in [0.717, 1.165) is 5.56 Å². The molecule has 9 nitrogen and oxygen atoms in total. The van der Waals surface area contributed by atoms with Gasteiger partial charge in [0.25, 0.3) is 11.5 Å².